The lowest BCUT2D eigenvalue weighted by Gasteiger charge is -2.34. The van der Waals surface area contributed by atoms with E-state index in [1.54, 1.807) is 37.7 Å². The summed E-state index contributed by atoms with van der Waals surface area (Å²) in [4.78, 5) is 29.6. The van der Waals surface area contributed by atoms with E-state index in [9.17, 15) is 4.79 Å². The number of hydrogen-bond acceptors (Lipinski definition) is 9. The Labute approximate surface area is 226 Å². The summed E-state index contributed by atoms with van der Waals surface area (Å²) in [6, 6.07) is 8.98. The molecule has 0 spiro atoms. The summed E-state index contributed by atoms with van der Waals surface area (Å²) in [6.07, 6.45) is 3.67. The fourth-order valence-electron chi connectivity index (χ4n) is 4.01. The number of methoxy groups -OCH3 is 1. The van der Waals surface area contributed by atoms with E-state index in [0.717, 1.165) is 37.3 Å². The Balaban J connectivity index is 1.40. The van der Waals surface area contributed by atoms with Gasteiger partial charge in [-0.05, 0) is 36.8 Å². The quantitative estimate of drug-likeness (QED) is 0.331. The fourth-order valence-corrected chi connectivity index (χ4v) is 4.54. The van der Waals surface area contributed by atoms with Crippen molar-refractivity contribution in [2.75, 3.05) is 51.3 Å². The Bertz CT molecular complexity index is 1180. The second kappa shape index (κ2) is 13.0. The highest BCUT2D eigenvalue weighted by molar-refractivity contribution is 6.35. The summed E-state index contributed by atoms with van der Waals surface area (Å²) in [7, 11) is 1.63. The second-order valence-corrected chi connectivity index (χ2v) is 9.37. The van der Waals surface area contributed by atoms with Crippen LogP contribution >= 0.6 is 23.2 Å². The first-order valence-corrected chi connectivity index (χ1v) is 12.8. The Morgan fingerprint density at radius 1 is 1.00 bits per heavy atom. The van der Waals surface area contributed by atoms with Gasteiger partial charge in [0.05, 0.1) is 37.7 Å². The van der Waals surface area contributed by atoms with E-state index < -0.39 is 0 Å². The molecule has 0 radical (unpaired) electrons. The molecule has 0 atom stereocenters. The predicted molar refractivity (Wildman–Crippen MR) is 142 cm³/mol. The number of halogens is 2. The molecule has 0 bridgehead atoms. The molecule has 11 heteroatoms. The molecule has 196 valence electrons. The predicted octanol–water partition coefficient (Wildman–Crippen LogP) is 4.86. The highest BCUT2D eigenvalue weighted by atomic mass is 35.5. The van der Waals surface area contributed by atoms with Crippen LogP contribution in [0.4, 0.5) is 5.95 Å². The normalized spacial score (nSPS) is 14.0. The van der Waals surface area contributed by atoms with Gasteiger partial charge in [0.2, 0.25) is 11.8 Å². The van der Waals surface area contributed by atoms with E-state index in [4.69, 9.17) is 37.4 Å². The second-order valence-electron chi connectivity index (χ2n) is 8.49. The van der Waals surface area contributed by atoms with Crippen molar-refractivity contribution in [3.63, 3.8) is 0 Å². The molecule has 3 heterocycles. The zero-order chi connectivity index (χ0) is 26.2. The number of carbonyl (C=O) groups is 1. The average Bonchev–Trinajstić information content (AvgIpc) is 2.88. The first-order chi connectivity index (χ1) is 17.9. The van der Waals surface area contributed by atoms with Crippen LogP contribution in [0.3, 0.4) is 0 Å². The molecule has 37 heavy (non-hydrogen) atoms. The van der Waals surface area contributed by atoms with Gasteiger partial charge in [0.25, 0.3) is 0 Å². The molecule has 3 aromatic rings. The number of piperazine rings is 1. The van der Waals surface area contributed by atoms with Gasteiger partial charge in [-0.25, -0.2) is 15.0 Å². The summed E-state index contributed by atoms with van der Waals surface area (Å²) in [5.74, 6) is 1.32. The molecule has 4 rings (SSSR count). The zero-order valence-electron chi connectivity index (χ0n) is 20.8. The van der Waals surface area contributed by atoms with Crippen molar-refractivity contribution >= 4 is 35.1 Å². The third kappa shape index (κ3) is 7.75. The maximum absolute atomic E-state index is 11.6. The standard InChI is InChI=1S/C26H29Cl2N5O4/c1-3-36-25(34)4-5-32-6-8-33(9-7-32)26-29-15-22(16-30-26)37-24-11-18(17-35-2)10-23(31-24)19-12-20(27)14-21(28)13-19/h10-16H,3-9,17H2,1-2H3. The van der Waals surface area contributed by atoms with Gasteiger partial charge in [0.15, 0.2) is 5.75 Å². The molecule has 9 nitrogen and oxygen atoms in total. The highest BCUT2D eigenvalue weighted by Crippen LogP contribution is 2.30. The van der Waals surface area contributed by atoms with Crippen LogP contribution in [0.15, 0.2) is 42.7 Å². The van der Waals surface area contributed by atoms with Crippen LogP contribution in [-0.2, 0) is 20.9 Å². The van der Waals surface area contributed by atoms with Crippen molar-refractivity contribution < 1.29 is 19.0 Å². The lowest BCUT2D eigenvalue weighted by molar-refractivity contribution is -0.143. The van der Waals surface area contributed by atoms with Gasteiger partial charge in [-0.2, -0.15) is 0 Å². The number of carbonyl (C=O) groups excluding carboxylic acids is 1. The maximum atomic E-state index is 11.6. The average molecular weight is 546 g/mol. The summed E-state index contributed by atoms with van der Waals surface area (Å²) < 4.78 is 16.3. The van der Waals surface area contributed by atoms with Crippen molar-refractivity contribution in [3.05, 3.63) is 58.3 Å². The fraction of sp³-hybridized carbons (Fsp3) is 0.385. The number of esters is 1. The molecule has 0 N–H and O–H groups in total. The minimum atomic E-state index is -0.158. The molecular formula is C26H29Cl2N5O4. The topological polar surface area (TPSA) is 89.9 Å². The molecule has 0 unspecified atom stereocenters. The van der Waals surface area contributed by atoms with Gasteiger partial charge in [-0.1, -0.05) is 23.2 Å². The molecule has 1 fully saturated rings. The third-order valence-corrected chi connectivity index (χ3v) is 6.20. The molecule has 1 aliphatic heterocycles. The summed E-state index contributed by atoms with van der Waals surface area (Å²) >= 11 is 12.4. The summed E-state index contributed by atoms with van der Waals surface area (Å²) in [5, 5.41) is 1.04. The van der Waals surface area contributed by atoms with Crippen molar-refractivity contribution in [2.45, 2.75) is 20.0 Å². The number of rotatable bonds is 10. The van der Waals surface area contributed by atoms with E-state index in [2.05, 4.69) is 24.8 Å². The van der Waals surface area contributed by atoms with Gasteiger partial charge < -0.3 is 19.1 Å². The SMILES string of the molecule is CCOC(=O)CCN1CCN(c2ncc(Oc3cc(COC)cc(-c4cc(Cl)cc(Cl)c4)n3)cn2)CC1. The van der Waals surface area contributed by atoms with E-state index in [1.807, 2.05) is 19.1 Å². The molecular weight excluding hydrogens is 517 g/mol. The van der Waals surface area contributed by atoms with Gasteiger partial charge in [0, 0.05) is 61.5 Å². The Kier molecular flexibility index (Phi) is 9.51. The molecule has 0 aliphatic carbocycles. The van der Waals surface area contributed by atoms with Crippen LogP contribution in [-0.4, -0.2) is 72.3 Å². The zero-order valence-corrected chi connectivity index (χ0v) is 22.3. The van der Waals surface area contributed by atoms with Crippen LogP contribution in [0.25, 0.3) is 11.3 Å². The van der Waals surface area contributed by atoms with Gasteiger partial charge in [0.1, 0.15) is 0 Å². The van der Waals surface area contributed by atoms with Crippen molar-refractivity contribution in [1.82, 2.24) is 19.9 Å². The molecule has 0 amide bonds. The number of ether oxygens (including phenoxy) is 3. The molecule has 1 aromatic carbocycles. The van der Waals surface area contributed by atoms with E-state index in [-0.39, 0.29) is 5.97 Å². The first kappa shape index (κ1) is 27.1. The number of aromatic nitrogens is 3. The number of hydrogen-bond donors (Lipinski definition) is 0. The van der Waals surface area contributed by atoms with E-state index >= 15 is 0 Å². The van der Waals surface area contributed by atoms with Gasteiger partial charge in [-0.15, -0.1) is 0 Å². The third-order valence-electron chi connectivity index (χ3n) is 5.76. The Morgan fingerprint density at radius 3 is 2.35 bits per heavy atom. The number of nitrogens with zero attached hydrogens (tertiary/aromatic N) is 5. The number of anilines is 1. The summed E-state index contributed by atoms with van der Waals surface area (Å²) in [6.45, 7) is 6.51. The first-order valence-electron chi connectivity index (χ1n) is 12.0. The van der Waals surface area contributed by atoms with Crippen LogP contribution in [0, 0.1) is 0 Å². The van der Waals surface area contributed by atoms with E-state index in [0.29, 0.717) is 59.5 Å². The lowest BCUT2D eigenvalue weighted by Crippen LogP contribution is -2.47. The molecule has 0 saturated carbocycles. The summed E-state index contributed by atoms with van der Waals surface area (Å²) in [5.41, 5.74) is 2.32. The van der Waals surface area contributed by atoms with Crippen LogP contribution in [0.5, 0.6) is 11.6 Å². The minimum absolute atomic E-state index is 0.158. The smallest absolute Gasteiger partial charge is 0.307 e. The Hall–Kier alpha value is -2.98. The van der Waals surface area contributed by atoms with Gasteiger partial charge in [-0.3, -0.25) is 9.69 Å². The van der Waals surface area contributed by atoms with Crippen molar-refractivity contribution in [2.24, 2.45) is 0 Å². The largest absolute Gasteiger partial charge is 0.466 e. The van der Waals surface area contributed by atoms with Crippen LogP contribution < -0.4 is 9.64 Å². The lowest BCUT2D eigenvalue weighted by atomic mass is 10.1. The highest BCUT2D eigenvalue weighted by Gasteiger charge is 2.20. The van der Waals surface area contributed by atoms with Gasteiger partial charge >= 0.3 is 5.97 Å². The monoisotopic (exact) mass is 545 g/mol. The number of benzene rings is 1. The van der Waals surface area contributed by atoms with Crippen molar-refractivity contribution in [1.29, 1.82) is 0 Å². The van der Waals surface area contributed by atoms with Crippen LogP contribution in [0.1, 0.15) is 18.9 Å². The number of pyridine rings is 1. The Morgan fingerprint density at radius 2 is 1.70 bits per heavy atom. The molecule has 1 aliphatic rings. The molecule has 2 aromatic heterocycles. The van der Waals surface area contributed by atoms with E-state index in [1.165, 1.54) is 0 Å². The van der Waals surface area contributed by atoms with Crippen LogP contribution in [0.2, 0.25) is 10.0 Å². The van der Waals surface area contributed by atoms with Crippen molar-refractivity contribution in [3.8, 4) is 22.9 Å². The minimum Gasteiger partial charge on any atom is -0.466 e. The molecule has 1 saturated heterocycles. The maximum Gasteiger partial charge on any atom is 0.307 e.